The number of ether oxygens (including phenoxy) is 2. The summed E-state index contributed by atoms with van der Waals surface area (Å²) >= 11 is 0. The van der Waals surface area contributed by atoms with E-state index in [2.05, 4.69) is 48.6 Å². The molecule has 2 aliphatic heterocycles. The van der Waals surface area contributed by atoms with Gasteiger partial charge in [0.2, 0.25) is 6.79 Å². The van der Waals surface area contributed by atoms with E-state index < -0.39 is 0 Å². The molecule has 1 saturated heterocycles. The highest BCUT2D eigenvalue weighted by Crippen LogP contribution is 2.32. The summed E-state index contributed by atoms with van der Waals surface area (Å²) in [7, 11) is 0. The fraction of sp³-hybridized carbons (Fsp3) is 0.409. The van der Waals surface area contributed by atoms with E-state index in [1.165, 1.54) is 16.0 Å². The van der Waals surface area contributed by atoms with Crippen LogP contribution in [0.3, 0.4) is 0 Å². The van der Waals surface area contributed by atoms with E-state index in [1.807, 2.05) is 6.07 Å². The average molecular weight is 383 g/mol. The Labute approximate surface area is 166 Å². The van der Waals surface area contributed by atoms with E-state index in [-0.39, 0.29) is 5.91 Å². The summed E-state index contributed by atoms with van der Waals surface area (Å²) in [5.41, 5.74) is 3.66. The minimum atomic E-state index is 0.134. The Kier molecular flexibility index (Phi) is 5.78. The Morgan fingerprint density at radius 3 is 2.39 bits per heavy atom. The number of hydrogen-bond acceptors (Lipinski definition) is 3. The zero-order chi connectivity index (χ0) is 19.3. The van der Waals surface area contributed by atoms with Gasteiger partial charge in [-0.3, -0.25) is 4.79 Å². The van der Waals surface area contributed by atoms with Crippen LogP contribution in [-0.2, 0) is 17.9 Å². The second kappa shape index (κ2) is 8.63. The van der Waals surface area contributed by atoms with Crippen molar-refractivity contribution in [2.24, 2.45) is 0 Å². The molecule has 0 aliphatic carbocycles. The molecule has 3 N–H and O–H groups in total. The maximum atomic E-state index is 12.3. The molecule has 0 saturated carbocycles. The number of rotatable bonds is 6. The lowest BCUT2D eigenvalue weighted by atomic mass is 10.1. The lowest BCUT2D eigenvalue weighted by Crippen LogP contribution is -3.28. The minimum absolute atomic E-state index is 0.134. The van der Waals surface area contributed by atoms with Crippen LogP contribution in [0.15, 0.2) is 42.5 Å². The van der Waals surface area contributed by atoms with Crippen molar-refractivity contribution < 1.29 is 24.1 Å². The van der Waals surface area contributed by atoms with Crippen LogP contribution in [-0.4, -0.2) is 45.4 Å². The number of fused-ring (bicyclic) bond motifs is 1. The molecule has 1 fully saturated rings. The van der Waals surface area contributed by atoms with Crippen molar-refractivity contribution in [3.8, 4) is 11.5 Å². The van der Waals surface area contributed by atoms with Gasteiger partial charge in [-0.15, -0.1) is 0 Å². The van der Waals surface area contributed by atoms with Gasteiger partial charge in [-0.2, -0.15) is 0 Å². The molecule has 6 nitrogen and oxygen atoms in total. The first kappa shape index (κ1) is 18.8. The Morgan fingerprint density at radius 1 is 0.929 bits per heavy atom. The topological polar surface area (TPSA) is 56.4 Å². The monoisotopic (exact) mass is 383 g/mol. The maximum absolute atomic E-state index is 12.3. The van der Waals surface area contributed by atoms with Crippen molar-refractivity contribution in [1.29, 1.82) is 0 Å². The SMILES string of the molecule is Cc1ccc(CNC(=O)C[NH+]2CC[NH+](Cc3ccc4c(c3)OCO4)CC2)cc1. The fourth-order valence-electron chi connectivity index (χ4n) is 3.85. The van der Waals surface area contributed by atoms with Gasteiger partial charge in [0.15, 0.2) is 18.0 Å². The van der Waals surface area contributed by atoms with Crippen LogP contribution in [0.1, 0.15) is 16.7 Å². The van der Waals surface area contributed by atoms with Crippen LogP contribution < -0.4 is 24.6 Å². The molecule has 0 unspecified atom stereocenters. The largest absolute Gasteiger partial charge is 0.454 e. The zero-order valence-electron chi connectivity index (χ0n) is 16.4. The number of carbonyl (C=O) groups excluding carboxylic acids is 1. The average Bonchev–Trinajstić information content (AvgIpc) is 3.17. The molecule has 148 valence electrons. The fourth-order valence-corrected chi connectivity index (χ4v) is 3.85. The van der Waals surface area contributed by atoms with Crippen molar-refractivity contribution >= 4 is 5.91 Å². The van der Waals surface area contributed by atoms with Gasteiger partial charge >= 0.3 is 0 Å². The molecule has 4 rings (SSSR count). The van der Waals surface area contributed by atoms with Gasteiger partial charge in [-0.05, 0) is 30.7 Å². The second-order valence-corrected chi connectivity index (χ2v) is 7.80. The zero-order valence-corrected chi connectivity index (χ0v) is 16.4. The molecule has 2 aromatic rings. The van der Waals surface area contributed by atoms with Crippen LogP contribution in [0.2, 0.25) is 0 Å². The molecule has 2 aliphatic rings. The third kappa shape index (κ3) is 4.82. The summed E-state index contributed by atoms with van der Waals surface area (Å²) in [4.78, 5) is 15.2. The van der Waals surface area contributed by atoms with Crippen molar-refractivity contribution in [3.05, 3.63) is 59.2 Å². The predicted molar refractivity (Wildman–Crippen MR) is 106 cm³/mol. The number of carbonyl (C=O) groups is 1. The molecule has 0 atom stereocenters. The summed E-state index contributed by atoms with van der Waals surface area (Å²) in [6.45, 7) is 8.75. The van der Waals surface area contributed by atoms with Gasteiger partial charge in [0, 0.05) is 12.1 Å². The Bertz CT molecular complexity index is 814. The smallest absolute Gasteiger partial charge is 0.275 e. The highest BCUT2D eigenvalue weighted by atomic mass is 16.7. The number of hydrogen-bond donors (Lipinski definition) is 3. The van der Waals surface area contributed by atoms with Gasteiger partial charge < -0.3 is 24.6 Å². The first-order valence-corrected chi connectivity index (χ1v) is 10.0. The van der Waals surface area contributed by atoms with Crippen molar-refractivity contribution in [3.63, 3.8) is 0 Å². The van der Waals surface area contributed by atoms with Crippen LogP contribution in [0.5, 0.6) is 11.5 Å². The Hall–Kier alpha value is -2.57. The van der Waals surface area contributed by atoms with E-state index >= 15 is 0 Å². The third-order valence-corrected chi connectivity index (χ3v) is 5.58. The lowest BCUT2D eigenvalue weighted by molar-refractivity contribution is -1.02. The van der Waals surface area contributed by atoms with Crippen LogP contribution in [0, 0.1) is 6.92 Å². The van der Waals surface area contributed by atoms with E-state index in [9.17, 15) is 4.79 Å². The van der Waals surface area contributed by atoms with Crippen molar-refractivity contribution in [2.45, 2.75) is 20.0 Å². The molecule has 6 heteroatoms. The number of quaternary nitrogens is 2. The van der Waals surface area contributed by atoms with Crippen molar-refractivity contribution in [1.82, 2.24) is 5.32 Å². The quantitative estimate of drug-likeness (QED) is 0.620. The van der Waals surface area contributed by atoms with Gasteiger partial charge in [0.05, 0.1) is 0 Å². The number of nitrogens with one attached hydrogen (secondary N) is 3. The second-order valence-electron chi connectivity index (χ2n) is 7.80. The van der Waals surface area contributed by atoms with Crippen molar-refractivity contribution in [2.75, 3.05) is 39.5 Å². The van der Waals surface area contributed by atoms with Crippen LogP contribution >= 0.6 is 0 Å². The van der Waals surface area contributed by atoms with Gasteiger partial charge in [-0.25, -0.2) is 0 Å². The molecule has 0 aromatic heterocycles. The predicted octanol–water partition coefficient (Wildman–Crippen LogP) is -0.676. The highest BCUT2D eigenvalue weighted by molar-refractivity contribution is 5.76. The van der Waals surface area contributed by atoms with E-state index in [0.29, 0.717) is 19.9 Å². The third-order valence-electron chi connectivity index (χ3n) is 5.58. The molecule has 2 aromatic carbocycles. The standard InChI is InChI=1S/C22H27N3O3/c1-17-2-4-18(5-3-17)13-23-22(26)15-25-10-8-24(9-11-25)14-19-6-7-20-21(12-19)28-16-27-20/h2-7,12H,8-11,13-16H2,1H3,(H,23,26)/p+2. The molecule has 0 radical (unpaired) electrons. The summed E-state index contributed by atoms with van der Waals surface area (Å²) in [6.07, 6.45) is 0. The molecular weight excluding hydrogens is 354 g/mol. The highest BCUT2D eigenvalue weighted by Gasteiger charge is 2.25. The molecule has 0 bridgehead atoms. The summed E-state index contributed by atoms with van der Waals surface area (Å²) < 4.78 is 10.8. The Balaban J connectivity index is 1.18. The number of amides is 1. The van der Waals surface area contributed by atoms with E-state index in [0.717, 1.165) is 49.8 Å². The van der Waals surface area contributed by atoms with Gasteiger partial charge in [-0.1, -0.05) is 29.8 Å². The molecular formula is C22H29N3O3+2. The molecule has 2 heterocycles. The summed E-state index contributed by atoms with van der Waals surface area (Å²) in [5, 5.41) is 3.05. The van der Waals surface area contributed by atoms with E-state index in [4.69, 9.17) is 9.47 Å². The number of benzene rings is 2. The summed E-state index contributed by atoms with van der Waals surface area (Å²) in [5.74, 6) is 1.82. The molecule has 1 amide bonds. The molecule has 28 heavy (non-hydrogen) atoms. The minimum Gasteiger partial charge on any atom is -0.454 e. The normalized spacial score (nSPS) is 20.8. The van der Waals surface area contributed by atoms with Gasteiger partial charge in [0.1, 0.15) is 32.7 Å². The lowest BCUT2D eigenvalue weighted by Gasteiger charge is -2.29. The van der Waals surface area contributed by atoms with Crippen LogP contribution in [0.4, 0.5) is 0 Å². The molecule has 0 spiro atoms. The number of piperazine rings is 1. The maximum Gasteiger partial charge on any atom is 0.275 e. The van der Waals surface area contributed by atoms with Crippen LogP contribution in [0.25, 0.3) is 0 Å². The summed E-state index contributed by atoms with van der Waals surface area (Å²) in [6, 6.07) is 14.5. The Morgan fingerprint density at radius 2 is 1.61 bits per heavy atom. The number of aryl methyl sites for hydroxylation is 1. The first-order chi connectivity index (χ1) is 13.7. The van der Waals surface area contributed by atoms with Gasteiger partial charge in [0.25, 0.3) is 5.91 Å². The first-order valence-electron chi connectivity index (χ1n) is 10.0. The van der Waals surface area contributed by atoms with E-state index in [1.54, 1.807) is 4.90 Å².